The van der Waals surface area contributed by atoms with Crippen LogP contribution in [-0.4, -0.2) is 29.8 Å². The summed E-state index contributed by atoms with van der Waals surface area (Å²) in [6.45, 7) is 2.69. The SMILES string of the molecule is C=CCOP(=O)(O)OCCO. The highest BCUT2D eigenvalue weighted by atomic mass is 31.2. The molecule has 0 radical (unpaired) electrons. The predicted molar refractivity (Wildman–Crippen MR) is 39.0 cm³/mol. The van der Waals surface area contributed by atoms with Crippen molar-refractivity contribution in [1.29, 1.82) is 0 Å². The lowest BCUT2D eigenvalue weighted by Gasteiger charge is -2.08. The van der Waals surface area contributed by atoms with E-state index in [4.69, 9.17) is 10.00 Å². The average Bonchev–Trinajstić information content (AvgIpc) is 1.97. The molecule has 0 rings (SSSR count). The first kappa shape index (κ1) is 10.8. The van der Waals surface area contributed by atoms with Gasteiger partial charge in [0.05, 0.1) is 19.8 Å². The molecule has 5 nitrogen and oxygen atoms in total. The zero-order chi connectivity index (χ0) is 8.74. The van der Waals surface area contributed by atoms with E-state index < -0.39 is 7.82 Å². The number of hydrogen-bond acceptors (Lipinski definition) is 4. The van der Waals surface area contributed by atoms with E-state index in [-0.39, 0.29) is 19.8 Å². The molecule has 0 amide bonds. The maximum absolute atomic E-state index is 10.7. The third-order valence-electron chi connectivity index (χ3n) is 0.701. The average molecular weight is 182 g/mol. The van der Waals surface area contributed by atoms with Gasteiger partial charge >= 0.3 is 7.82 Å². The Morgan fingerprint density at radius 1 is 1.55 bits per heavy atom. The first-order valence-electron chi connectivity index (χ1n) is 2.96. The van der Waals surface area contributed by atoms with E-state index in [1.165, 1.54) is 6.08 Å². The number of aliphatic hydroxyl groups is 1. The molecule has 0 fully saturated rings. The summed E-state index contributed by atoms with van der Waals surface area (Å²) in [5.41, 5.74) is 0. The molecule has 0 aromatic heterocycles. The predicted octanol–water partition coefficient (Wildman–Crippen LogP) is 0.298. The van der Waals surface area contributed by atoms with Crippen LogP contribution in [0.15, 0.2) is 12.7 Å². The van der Waals surface area contributed by atoms with Gasteiger partial charge in [0.25, 0.3) is 0 Å². The van der Waals surface area contributed by atoms with Crippen LogP contribution in [0.5, 0.6) is 0 Å². The van der Waals surface area contributed by atoms with Crippen LogP contribution in [0.3, 0.4) is 0 Å². The number of aliphatic hydroxyl groups excluding tert-OH is 1. The maximum atomic E-state index is 10.7. The van der Waals surface area contributed by atoms with Gasteiger partial charge in [0.1, 0.15) is 0 Å². The van der Waals surface area contributed by atoms with Gasteiger partial charge in [-0.05, 0) is 0 Å². The van der Waals surface area contributed by atoms with Gasteiger partial charge in [-0.2, -0.15) is 0 Å². The fourth-order valence-corrected chi connectivity index (χ4v) is 1.02. The van der Waals surface area contributed by atoms with E-state index in [1.807, 2.05) is 0 Å². The molecule has 0 aromatic rings. The lowest BCUT2D eigenvalue weighted by atomic mass is 10.7. The monoisotopic (exact) mass is 182 g/mol. The molecule has 0 spiro atoms. The summed E-state index contributed by atoms with van der Waals surface area (Å²) in [5, 5.41) is 8.22. The molecule has 11 heavy (non-hydrogen) atoms. The molecule has 0 aliphatic carbocycles. The van der Waals surface area contributed by atoms with Crippen LogP contribution in [0.4, 0.5) is 0 Å². The van der Waals surface area contributed by atoms with Crippen molar-refractivity contribution in [2.75, 3.05) is 19.8 Å². The van der Waals surface area contributed by atoms with Gasteiger partial charge in [-0.3, -0.25) is 9.05 Å². The Morgan fingerprint density at radius 3 is 2.64 bits per heavy atom. The van der Waals surface area contributed by atoms with E-state index in [1.54, 1.807) is 0 Å². The first-order chi connectivity index (χ1) is 5.12. The van der Waals surface area contributed by atoms with Crippen LogP contribution in [0.25, 0.3) is 0 Å². The van der Waals surface area contributed by atoms with E-state index in [0.717, 1.165) is 0 Å². The standard InChI is InChI=1S/C5H11O5P/c1-2-4-9-11(7,8)10-5-3-6/h2,6H,1,3-5H2,(H,7,8). The Hall–Kier alpha value is -0.190. The number of hydrogen-bond donors (Lipinski definition) is 2. The highest BCUT2D eigenvalue weighted by Crippen LogP contribution is 2.42. The second-order valence-electron chi connectivity index (χ2n) is 1.61. The number of phosphoric acid groups is 1. The Balaban J connectivity index is 3.61. The van der Waals surface area contributed by atoms with Crippen molar-refractivity contribution in [3.05, 3.63) is 12.7 Å². The van der Waals surface area contributed by atoms with Crippen molar-refractivity contribution >= 4 is 7.82 Å². The summed E-state index contributed by atoms with van der Waals surface area (Å²) < 4.78 is 19.3. The normalized spacial score (nSPS) is 15.8. The summed E-state index contributed by atoms with van der Waals surface area (Å²) in [7, 11) is -3.96. The van der Waals surface area contributed by atoms with Gasteiger partial charge in [0.15, 0.2) is 0 Å². The van der Waals surface area contributed by atoms with Crippen molar-refractivity contribution in [1.82, 2.24) is 0 Å². The molecule has 2 N–H and O–H groups in total. The minimum atomic E-state index is -3.96. The Bertz CT molecular complexity index is 157. The third-order valence-corrected chi connectivity index (χ3v) is 1.69. The van der Waals surface area contributed by atoms with Crippen LogP contribution in [0.2, 0.25) is 0 Å². The smallest absolute Gasteiger partial charge is 0.394 e. The van der Waals surface area contributed by atoms with Crippen molar-refractivity contribution in [2.45, 2.75) is 0 Å². The van der Waals surface area contributed by atoms with Crippen molar-refractivity contribution in [3.8, 4) is 0 Å². The van der Waals surface area contributed by atoms with Gasteiger partial charge in [0, 0.05) is 0 Å². The second-order valence-corrected chi connectivity index (χ2v) is 3.06. The molecule has 0 saturated carbocycles. The van der Waals surface area contributed by atoms with Crippen molar-refractivity contribution < 1.29 is 23.6 Å². The summed E-state index contributed by atoms with van der Waals surface area (Å²) in [6.07, 6.45) is 1.32. The van der Waals surface area contributed by atoms with Crippen LogP contribution < -0.4 is 0 Å². The second kappa shape index (κ2) is 5.46. The van der Waals surface area contributed by atoms with Crippen molar-refractivity contribution in [3.63, 3.8) is 0 Å². The summed E-state index contributed by atoms with van der Waals surface area (Å²) in [6, 6.07) is 0. The van der Waals surface area contributed by atoms with Crippen LogP contribution in [0.1, 0.15) is 0 Å². The fourth-order valence-electron chi connectivity index (χ4n) is 0.340. The Kier molecular flexibility index (Phi) is 5.36. The topological polar surface area (TPSA) is 76.0 Å². The molecule has 1 unspecified atom stereocenters. The molecule has 1 atom stereocenters. The van der Waals surface area contributed by atoms with Gasteiger partial charge in [-0.15, -0.1) is 6.58 Å². The van der Waals surface area contributed by atoms with Crippen LogP contribution in [0, 0.1) is 0 Å². The molecular weight excluding hydrogens is 171 g/mol. The van der Waals surface area contributed by atoms with Crippen LogP contribution in [-0.2, 0) is 13.6 Å². The molecule has 6 heteroatoms. The molecule has 0 aliphatic rings. The molecule has 0 saturated heterocycles. The summed E-state index contributed by atoms with van der Waals surface area (Å²) >= 11 is 0. The molecule has 0 aliphatic heterocycles. The van der Waals surface area contributed by atoms with Gasteiger partial charge in [-0.25, -0.2) is 4.57 Å². The quantitative estimate of drug-likeness (QED) is 0.456. The van der Waals surface area contributed by atoms with Gasteiger partial charge in [0.2, 0.25) is 0 Å². The first-order valence-corrected chi connectivity index (χ1v) is 4.45. The van der Waals surface area contributed by atoms with Gasteiger partial charge < -0.3 is 10.00 Å². The lowest BCUT2D eigenvalue weighted by molar-refractivity contribution is 0.131. The number of rotatable bonds is 6. The maximum Gasteiger partial charge on any atom is 0.472 e. The minimum Gasteiger partial charge on any atom is -0.394 e. The summed E-state index contributed by atoms with van der Waals surface area (Å²) in [4.78, 5) is 8.73. The largest absolute Gasteiger partial charge is 0.472 e. The van der Waals surface area contributed by atoms with E-state index in [2.05, 4.69) is 15.6 Å². The Labute approximate surface area is 64.9 Å². The molecule has 66 valence electrons. The summed E-state index contributed by atoms with van der Waals surface area (Å²) in [5.74, 6) is 0. The van der Waals surface area contributed by atoms with E-state index >= 15 is 0 Å². The zero-order valence-electron chi connectivity index (χ0n) is 5.97. The highest BCUT2D eigenvalue weighted by molar-refractivity contribution is 7.47. The molecular formula is C5H11O5P. The zero-order valence-corrected chi connectivity index (χ0v) is 6.87. The number of phosphoric ester groups is 1. The van der Waals surface area contributed by atoms with Gasteiger partial charge in [-0.1, -0.05) is 6.08 Å². The fraction of sp³-hybridized carbons (Fsp3) is 0.600. The third kappa shape index (κ3) is 6.22. The lowest BCUT2D eigenvalue weighted by Crippen LogP contribution is -1.99. The van der Waals surface area contributed by atoms with E-state index in [0.29, 0.717) is 0 Å². The van der Waals surface area contributed by atoms with Crippen LogP contribution >= 0.6 is 7.82 Å². The van der Waals surface area contributed by atoms with Crippen molar-refractivity contribution in [2.24, 2.45) is 0 Å². The molecule has 0 heterocycles. The molecule has 0 aromatic carbocycles. The molecule has 0 bridgehead atoms. The van der Waals surface area contributed by atoms with E-state index in [9.17, 15) is 4.57 Å². The minimum absolute atomic E-state index is 0.0563. The highest BCUT2D eigenvalue weighted by Gasteiger charge is 2.18. The Morgan fingerprint density at radius 2 is 2.18 bits per heavy atom.